The first-order valence-electron chi connectivity index (χ1n) is 5.26. The summed E-state index contributed by atoms with van der Waals surface area (Å²) in [6, 6.07) is 9.89. The van der Waals surface area contributed by atoms with Crippen molar-refractivity contribution < 1.29 is 9.53 Å². The minimum absolute atomic E-state index is 0.136. The Balaban J connectivity index is 1.93. The highest BCUT2D eigenvalue weighted by atomic mass is 16.5. The summed E-state index contributed by atoms with van der Waals surface area (Å²) in [7, 11) is 0. The quantitative estimate of drug-likeness (QED) is 0.753. The van der Waals surface area contributed by atoms with E-state index in [-0.39, 0.29) is 5.78 Å². The Morgan fingerprint density at radius 3 is 2.73 bits per heavy atom. The molecule has 1 aliphatic rings. The molecule has 0 bridgehead atoms. The molecule has 1 aromatic carbocycles. The molecule has 0 fully saturated rings. The molecule has 1 aromatic rings. The molecule has 2 rings (SSSR count). The van der Waals surface area contributed by atoms with Crippen molar-refractivity contribution in [2.75, 3.05) is 0 Å². The molecule has 2 nitrogen and oxygen atoms in total. The minimum Gasteiger partial charge on any atom is -0.486 e. The van der Waals surface area contributed by atoms with Crippen LogP contribution in [0.25, 0.3) is 0 Å². The summed E-state index contributed by atoms with van der Waals surface area (Å²) in [6.45, 7) is 0.485. The second kappa shape index (κ2) is 4.78. The fourth-order valence-electron chi connectivity index (χ4n) is 1.61. The third-order valence-corrected chi connectivity index (χ3v) is 2.45. The lowest BCUT2D eigenvalue weighted by Crippen LogP contribution is -2.10. The van der Waals surface area contributed by atoms with Crippen LogP contribution in [0.2, 0.25) is 0 Å². The molecule has 0 saturated carbocycles. The molecule has 0 aromatic heterocycles. The highest BCUT2D eigenvalue weighted by molar-refractivity contribution is 5.94. The summed E-state index contributed by atoms with van der Waals surface area (Å²) in [4.78, 5) is 11.4. The second-order valence-corrected chi connectivity index (χ2v) is 3.66. The summed E-state index contributed by atoms with van der Waals surface area (Å²) in [5.41, 5.74) is 1.09. The van der Waals surface area contributed by atoms with E-state index in [0.29, 0.717) is 18.8 Å². The molecule has 0 saturated heterocycles. The Morgan fingerprint density at radius 2 is 2.00 bits per heavy atom. The largest absolute Gasteiger partial charge is 0.486 e. The van der Waals surface area contributed by atoms with E-state index >= 15 is 0 Å². The molecule has 0 atom stereocenters. The Labute approximate surface area is 89.6 Å². The van der Waals surface area contributed by atoms with Gasteiger partial charge in [-0.1, -0.05) is 30.3 Å². The van der Waals surface area contributed by atoms with E-state index in [4.69, 9.17) is 4.74 Å². The van der Waals surface area contributed by atoms with Gasteiger partial charge in [0.2, 0.25) is 0 Å². The molecule has 2 heteroatoms. The second-order valence-electron chi connectivity index (χ2n) is 3.66. The lowest BCUT2D eigenvalue weighted by atomic mass is 10.1. The summed E-state index contributed by atoms with van der Waals surface area (Å²) >= 11 is 0. The van der Waals surface area contributed by atoms with Crippen molar-refractivity contribution in [3.05, 3.63) is 47.7 Å². The molecular formula is C13H14O2. The predicted octanol–water partition coefficient (Wildman–Crippen LogP) is 2.84. The molecule has 0 heterocycles. The fraction of sp³-hybridized carbons (Fsp3) is 0.308. The first kappa shape index (κ1) is 9.97. The smallest absolute Gasteiger partial charge is 0.197 e. The monoisotopic (exact) mass is 202 g/mol. The van der Waals surface area contributed by atoms with Gasteiger partial charge < -0.3 is 4.74 Å². The third kappa shape index (κ3) is 2.69. The summed E-state index contributed by atoms with van der Waals surface area (Å²) < 4.78 is 5.49. The van der Waals surface area contributed by atoms with Gasteiger partial charge in [-0.15, -0.1) is 0 Å². The van der Waals surface area contributed by atoms with Gasteiger partial charge in [-0.2, -0.15) is 0 Å². The molecule has 0 aliphatic heterocycles. The molecule has 0 radical (unpaired) electrons. The van der Waals surface area contributed by atoms with Crippen LogP contribution in [0.15, 0.2) is 42.2 Å². The summed E-state index contributed by atoms with van der Waals surface area (Å²) in [5, 5.41) is 0. The van der Waals surface area contributed by atoms with Crippen LogP contribution in [0.3, 0.4) is 0 Å². The number of hydrogen-bond acceptors (Lipinski definition) is 2. The van der Waals surface area contributed by atoms with E-state index in [1.54, 1.807) is 0 Å². The van der Waals surface area contributed by atoms with Gasteiger partial charge in [-0.25, -0.2) is 0 Å². The van der Waals surface area contributed by atoms with Gasteiger partial charge in [0, 0.05) is 6.42 Å². The summed E-state index contributed by atoms with van der Waals surface area (Å²) in [6.07, 6.45) is 4.43. The molecule has 0 N–H and O–H groups in total. The zero-order valence-electron chi connectivity index (χ0n) is 8.61. The zero-order valence-corrected chi connectivity index (χ0v) is 8.61. The Hall–Kier alpha value is -1.57. The number of Topliss-reactive ketones (excluding diaryl/α,β-unsaturated/α-hetero) is 1. The maximum Gasteiger partial charge on any atom is 0.197 e. The number of hydrogen-bond donors (Lipinski definition) is 0. The fourth-order valence-corrected chi connectivity index (χ4v) is 1.61. The number of benzene rings is 1. The molecule has 0 spiro atoms. The van der Waals surface area contributed by atoms with Crippen LogP contribution in [0.4, 0.5) is 0 Å². The van der Waals surface area contributed by atoms with E-state index in [9.17, 15) is 4.79 Å². The minimum atomic E-state index is 0.136. The topological polar surface area (TPSA) is 26.3 Å². The van der Waals surface area contributed by atoms with Crippen LogP contribution in [-0.2, 0) is 16.1 Å². The number of ether oxygens (including phenoxy) is 1. The predicted molar refractivity (Wildman–Crippen MR) is 58.2 cm³/mol. The van der Waals surface area contributed by atoms with Gasteiger partial charge in [0.05, 0.1) is 0 Å². The van der Waals surface area contributed by atoms with Crippen LogP contribution < -0.4 is 0 Å². The highest BCUT2D eigenvalue weighted by Crippen LogP contribution is 2.16. The van der Waals surface area contributed by atoms with Crippen molar-refractivity contribution >= 4 is 5.78 Å². The number of carbonyl (C=O) groups is 1. The van der Waals surface area contributed by atoms with E-state index < -0.39 is 0 Å². The van der Waals surface area contributed by atoms with Crippen LogP contribution in [0.5, 0.6) is 0 Å². The molecule has 1 aliphatic carbocycles. The molecular weight excluding hydrogens is 188 g/mol. The van der Waals surface area contributed by atoms with Gasteiger partial charge in [-0.3, -0.25) is 4.79 Å². The maximum atomic E-state index is 11.4. The Kier molecular flexibility index (Phi) is 3.18. The van der Waals surface area contributed by atoms with Gasteiger partial charge in [0.25, 0.3) is 0 Å². The van der Waals surface area contributed by atoms with E-state index in [1.165, 1.54) is 0 Å². The number of rotatable bonds is 3. The van der Waals surface area contributed by atoms with E-state index in [2.05, 4.69) is 0 Å². The van der Waals surface area contributed by atoms with Gasteiger partial charge in [0.1, 0.15) is 6.61 Å². The zero-order chi connectivity index (χ0) is 10.5. The summed E-state index contributed by atoms with van der Waals surface area (Å²) in [5.74, 6) is 0.683. The van der Waals surface area contributed by atoms with Crippen molar-refractivity contribution in [2.45, 2.75) is 25.9 Å². The number of allylic oxidation sites excluding steroid dienone is 2. The van der Waals surface area contributed by atoms with Crippen LogP contribution in [0.1, 0.15) is 24.8 Å². The van der Waals surface area contributed by atoms with Crippen LogP contribution in [0, 0.1) is 0 Å². The molecule has 78 valence electrons. The Bertz CT molecular complexity index is 365. The first-order chi connectivity index (χ1) is 7.36. The van der Waals surface area contributed by atoms with Crippen molar-refractivity contribution in [3.8, 4) is 0 Å². The van der Waals surface area contributed by atoms with Crippen molar-refractivity contribution in [2.24, 2.45) is 0 Å². The highest BCUT2D eigenvalue weighted by Gasteiger charge is 2.14. The molecule has 0 unspecified atom stereocenters. The average molecular weight is 202 g/mol. The average Bonchev–Trinajstić information content (AvgIpc) is 2.29. The van der Waals surface area contributed by atoms with E-state index in [1.807, 2.05) is 36.4 Å². The van der Waals surface area contributed by atoms with Gasteiger partial charge in [-0.05, 0) is 24.5 Å². The molecule has 15 heavy (non-hydrogen) atoms. The van der Waals surface area contributed by atoms with Crippen LogP contribution in [-0.4, -0.2) is 5.78 Å². The van der Waals surface area contributed by atoms with Crippen molar-refractivity contribution in [3.63, 3.8) is 0 Å². The normalized spacial score (nSPS) is 16.0. The van der Waals surface area contributed by atoms with Gasteiger partial charge in [0.15, 0.2) is 11.5 Å². The SMILES string of the molecule is O=C1CCCC=C1OCc1ccccc1. The molecule has 0 amide bonds. The first-order valence-corrected chi connectivity index (χ1v) is 5.26. The van der Waals surface area contributed by atoms with Crippen molar-refractivity contribution in [1.29, 1.82) is 0 Å². The lowest BCUT2D eigenvalue weighted by Gasteiger charge is -2.12. The standard InChI is InChI=1S/C13H14O2/c14-12-8-4-5-9-13(12)15-10-11-6-2-1-3-7-11/h1-3,6-7,9H,4-5,8,10H2. The number of ketones is 1. The maximum absolute atomic E-state index is 11.4. The van der Waals surface area contributed by atoms with E-state index in [0.717, 1.165) is 18.4 Å². The van der Waals surface area contributed by atoms with Crippen molar-refractivity contribution in [1.82, 2.24) is 0 Å². The van der Waals surface area contributed by atoms with Crippen LogP contribution >= 0.6 is 0 Å². The lowest BCUT2D eigenvalue weighted by molar-refractivity contribution is -0.119. The van der Waals surface area contributed by atoms with Gasteiger partial charge >= 0.3 is 0 Å². The number of carbonyl (C=O) groups excluding carboxylic acids is 1. The third-order valence-electron chi connectivity index (χ3n) is 2.45. The Morgan fingerprint density at radius 1 is 1.20 bits per heavy atom.